The minimum atomic E-state index is -0.513. The first-order valence-electron chi connectivity index (χ1n) is 8.91. The van der Waals surface area contributed by atoms with Crippen molar-refractivity contribution in [2.45, 2.75) is 6.92 Å². The van der Waals surface area contributed by atoms with E-state index in [0.717, 1.165) is 16.5 Å². The van der Waals surface area contributed by atoms with Crippen LogP contribution in [0.25, 0.3) is 33.3 Å². The van der Waals surface area contributed by atoms with E-state index in [9.17, 15) is 20.6 Å². The first-order valence-corrected chi connectivity index (χ1v) is 8.91. The zero-order valence-corrected chi connectivity index (χ0v) is 15.8. The summed E-state index contributed by atoms with van der Waals surface area (Å²) in [6.45, 7) is 1.98. The second-order valence-electron chi connectivity index (χ2n) is 6.75. The van der Waals surface area contributed by atoms with E-state index >= 15 is 0 Å². The van der Waals surface area contributed by atoms with Crippen LogP contribution >= 0.6 is 0 Å². The van der Waals surface area contributed by atoms with Gasteiger partial charge in [-0.1, -0.05) is 12.1 Å². The number of rotatable bonds is 3. The highest BCUT2D eigenvalue weighted by Gasteiger charge is 2.23. The Hall–Kier alpha value is -4.69. The number of non-ortho nitro benzene ring substituents is 1. The highest BCUT2D eigenvalue weighted by molar-refractivity contribution is 5.98. The summed E-state index contributed by atoms with van der Waals surface area (Å²) in [7, 11) is 0. The number of nitrogens with one attached hydrogen (secondary N) is 1. The van der Waals surface area contributed by atoms with Gasteiger partial charge >= 0.3 is 0 Å². The van der Waals surface area contributed by atoms with E-state index in [1.807, 2.05) is 31.2 Å². The predicted octanol–water partition coefficient (Wildman–Crippen LogP) is 4.44. The number of pyridine rings is 1. The number of aryl methyl sites for hydroxylation is 1. The normalized spacial score (nSPS) is 10.5. The zero-order valence-electron chi connectivity index (χ0n) is 15.8. The van der Waals surface area contributed by atoms with E-state index in [1.165, 1.54) is 24.3 Å². The number of fused-ring (bicyclic) bond motifs is 1. The molecule has 2 heterocycles. The van der Waals surface area contributed by atoms with E-state index in [2.05, 4.69) is 16.0 Å². The lowest BCUT2D eigenvalue weighted by molar-refractivity contribution is -0.384. The van der Waals surface area contributed by atoms with E-state index in [-0.39, 0.29) is 22.6 Å². The maximum Gasteiger partial charge on any atom is 0.269 e. The van der Waals surface area contributed by atoms with E-state index in [1.54, 1.807) is 6.20 Å². The Kier molecular flexibility index (Phi) is 4.38. The fourth-order valence-electron chi connectivity index (χ4n) is 3.50. The third-order valence-electron chi connectivity index (χ3n) is 4.91. The van der Waals surface area contributed by atoms with Crippen LogP contribution in [0.3, 0.4) is 0 Å². The van der Waals surface area contributed by atoms with Gasteiger partial charge in [0.2, 0.25) is 0 Å². The number of nitrogens with two attached hydrogens (primary N) is 1. The molecule has 30 heavy (non-hydrogen) atoms. The van der Waals surface area contributed by atoms with E-state index in [4.69, 9.17) is 5.73 Å². The van der Waals surface area contributed by atoms with Crippen LogP contribution in [0.4, 0.5) is 11.5 Å². The Morgan fingerprint density at radius 2 is 1.80 bits per heavy atom. The zero-order chi connectivity index (χ0) is 21.4. The summed E-state index contributed by atoms with van der Waals surface area (Å²) in [6, 6.07) is 15.7. The largest absolute Gasteiger partial charge is 0.383 e. The number of hydrogen-bond donors (Lipinski definition) is 2. The summed E-state index contributed by atoms with van der Waals surface area (Å²) in [5, 5.41) is 31.5. The predicted molar refractivity (Wildman–Crippen MR) is 112 cm³/mol. The molecule has 8 heteroatoms. The molecule has 144 valence electrons. The Balaban J connectivity index is 2.03. The van der Waals surface area contributed by atoms with Crippen molar-refractivity contribution in [3.05, 3.63) is 75.5 Å². The van der Waals surface area contributed by atoms with Gasteiger partial charge in [-0.15, -0.1) is 0 Å². The van der Waals surface area contributed by atoms with Crippen molar-refractivity contribution in [3.63, 3.8) is 0 Å². The van der Waals surface area contributed by atoms with Crippen LogP contribution in [0, 0.1) is 39.7 Å². The molecule has 0 amide bonds. The molecule has 0 bridgehead atoms. The van der Waals surface area contributed by atoms with Crippen LogP contribution < -0.4 is 5.73 Å². The lowest BCUT2D eigenvalue weighted by Crippen LogP contribution is -2.03. The number of aromatic nitrogens is 2. The third kappa shape index (κ3) is 2.89. The molecule has 2 aromatic heterocycles. The number of nitro groups is 1. The summed E-state index contributed by atoms with van der Waals surface area (Å²) in [6.07, 6.45) is 1.75. The molecule has 0 spiro atoms. The molecule has 0 unspecified atom stereocenters. The molecule has 0 radical (unpaired) electrons. The van der Waals surface area contributed by atoms with Gasteiger partial charge in [0.25, 0.3) is 5.69 Å². The van der Waals surface area contributed by atoms with Gasteiger partial charge in [-0.25, -0.2) is 4.98 Å². The molecule has 0 aliphatic rings. The number of anilines is 1. The maximum atomic E-state index is 11.0. The number of benzene rings is 2. The lowest BCUT2D eigenvalue weighted by atomic mass is 9.92. The van der Waals surface area contributed by atoms with Crippen molar-refractivity contribution in [2.75, 3.05) is 5.73 Å². The Morgan fingerprint density at radius 1 is 1.10 bits per heavy atom. The van der Waals surface area contributed by atoms with Crippen LogP contribution in [0.5, 0.6) is 0 Å². The minimum absolute atomic E-state index is 0.0127. The number of nitrogen functional groups attached to an aromatic ring is 1. The molecule has 0 saturated carbocycles. The van der Waals surface area contributed by atoms with Crippen molar-refractivity contribution < 1.29 is 4.92 Å². The fourth-order valence-corrected chi connectivity index (χ4v) is 3.50. The molecule has 2 aromatic carbocycles. The minimum Gasteiger partial charge on any atom is -0.383 e. The van der Waals surface area contributed by atoms with Gasteiger partial charge in [0, 0.05) is 40.4 Å². The number of H-pyrrole nitrogens is 1. The molecule has 0 saturated heterocycles. The number of nitrogens with zero attached hydrogens (tertiary/aromatic N) is 4. The highest BCUT2D eigenvalue weighted by atomic mass is 16.6. The average Bonchev–Trinajstić information content (AvgIpc) is 3.15. The van der Waals surface area contributed by atoms with Gasteiger partial charge in [-0.05, 0) is 36.2 Å². The molecule has 4 aromatic rings. The highest BCUT2D eigenvalue weighted by Crippen LogP contribution is 2.38. The van der Waals surface area contributed by atoms with E-state index in [0.29, 0.717) is 22.4 Å². The molecule has 0 aliphatic carbocycles. The second-order valence-corrected chi connectivity index (χ2v) is 6.75. The van der Waals surface area contributed by atoms with Crippen LogP contribution in [-0.4, -0.2) is 14.9 Å². The van der Waals surface area contributed by atoms with Gasteiger partial charge in [0.15, 0.2) is 0 Å². The monoisotopic (exact) mass is 394 g/mol. The summed E-state index contributed by atoms with van der Waals surface area (Å²) < 4.78 is 0. The van der Waals surface area contributed by atoms with Crippen molar-refractivity contribution in [2.24, 2.45) is 0 Å². The fraction of sp³-hybridized carbons (Fsp3) is 0.0455. The maximum absolute atomic E-state index is 11.0. The summed E-state index contributed by atoms with van der Waals surface area (Å²) in [5.41, 5.74) is 9.99. The molecular weight excluding hydrogens is 380 g/mol. The molecular formula is C22H14N6O2. The van der Waals surface area contributed by atoms with Gasteiger partial charge in [-0.3, -0.25) is 10.1 Å². The third-order valence-corrected chi connectivity index (χ3v) is 4.91. The van der Waals surface area contributed by atoms with Crippen molar-refractivity contribution >= 4 is 22.4 Å². The van der Waals surface area contributed by atoms with Gasteiger partial charge < -0.3 is 10.7 Å². The van der Waals surface area contributed by atoms with Crippen molar-refractivity contribution in [1.29, 1.82) is 10.5 Å². The quantitative estimate of drug-likeness (QED) is 0.388. The number of nitriles is 2. The molecule has 3 N–H and O–H groups in total. The Morgan fingerprint density at radius 3 is 2.43 bits per heavy atom. The first kappa shape index (κ1) is 18.7. The van der Waals surface area contributed by atoms with Crippen LogP contribution in [0.15, 0.2) is 48.7 Å². The van der Waals surface area contributed by atoms with Gasteiger partial charge in [0.05, 0.1) is 16.2 Å². The van der Waals surface area contributed by atoms with Crippen LogP contribution in [0.1, 0.15) is 16.7 Å². The number of aromatic amines is 1. The molecule has 0 aliphatic heterocycles. The lowest BCUT2D eigenvalue weighted by Gasteiger charge is -2.13. The Bertz CT molecular complexity index is 1410. The number of hydrogen-bond acceptors (Lipinski definition) is 6. The van der Waals surface area contributed by atoms with Crippen molar-refractivity contribution in [1.82, 2.24) is 9.97 Å². The second kappa shape index (κ2) is 7.04. The Labute approximate surface area is 171 Å². The van der Waals surface area contributed by atoms with Crippen LogP contribution in [0.2, 0.25) is 0 Å². The molecule has 4 rings (SSSR count). The van der Waals surface area contributed by atoms with Gasteiger partial charge in [-0.2, -0.15) is 10.5 Å². The smallest absolute Gasteiger partial charge is 0.269 e. The average molecular weight is 394 g/mol. The molecule has 8 nitrogen and oxygen atoms in total. The molecule has 0 fully saturated rings. The van der Waals surface area contributed by atoms with Crippen molar-refractivity contribution in [3.8, 4) is 34.5 Å². The molecule has 0 atom stereocenters. The van der Waals surface area contributed by atoms with E-state index < -0.39 is 4.92 Å². The number of nitro benzene ring substituents is 1. The van der Waals surface area contributed by atoms with Crippen LogP contribution in [-0.2, 0) is 0 Å². The topological polar surface area (TPSA) is 145 Å². The van der Waals surface area contributed by atoms with Gasteiger partial charge in [0.1, 0.15) is 23.5 Å². The summed E-state index contributed by atoms with van der Waals surface area (Å²) in [5.74, 6) is -0.0127. The SMILES string of the molecule is Cc1ccc2c(-c3nc(N)c(C#N)c(-c4ccc([N+](=O)[O-])cc4)c3C#N)c[nH]c2c1. The summed E-state index contributed by atoms with van der Waals surface area (Å²) >= 11 is 0. The summed E-state index contributed by atoms with van der Waals surface area (Å²) in [4.78, 5) is 18.0. The first-order chi connectivity index (χ1) is 14.4. The standard InChI is InChI=1S/C22H14N6O2/c1-12-2-7-15-18(11-26-19(15)8-12)21-16(9-23)20(17(10-24)22(25)27-21)13-3-5-14(6-4-13)28(29)30/h2-8,11,26H,1H3,(H2,25,27).